The van der Waals surface area contributed by atoms with Gasteiger partial charge in [0.25, 0.3) is 0 Å². The Morgan fingerprint density at radius 3 is 2.82 bits per heavy atom. The number of benzene rings is 1. The van der Waals surface area contributed by atoms with Gasteiger partial charge in [-0.15, -0.1) is 0 Å². The Morgan fingerprint density at radius 2 is 2.24 bits per heavy atom. The van der Waals surface area contributed by atoms with Gasteiger partial charge in [-0.1, -0.05) is 36.7 Å². The lowest BCUT2D eigenvalue weighted by molar-refractivity contribution is -0.121. The Balaban J connectivity index is 2.70. The van der Waals surface area contributed by atoms with Crippen molar-refractivity contribution in [2.24, 2.45) is 0 Å². The second kappa shape index (κ2) is 6.93. The Morgan fingerprint density at radius 1 is 1.53 bits per heavy atom. The van der Waals surface area contributed by atoms with Gasteiger partial charge in [-0.25, -0.2) is 0 Å². The predicted octanol–water partition coefficient (Wildman–Crippen LogP) is 2.86. The van der Waals surface area contributed by atoms with Crippen LogP contribution in [0.2, 0.25) is 5.02 Å². The quantitative estimate of drug-likeness (QED) is 0.874. The molecule has 0 aliphatic rings. The molecule has 3 nitrogen and oxygen atoms in total. The summed E-state index contributed by atoms with van der Waals surface area (Å²) in [6.45, 7) is 2.62. The highest BCUT2D eigenvalue weighted by molar-refractivity contribution is 6.31. The third-order valence-corrected chi connectivity index (χ3v) is 2.74. The number of carbonyl (C=O) groups excluding carboxylic acids is 1. The SMILES string of the molecule is CCCNC(=O)CC(C#N)c1ccccc1Cl. The maximum absolute atomic E-state index is 11.6. The summed E-state index contributed by atoms with van der Waals surface area (Å²) in [7, 11) is 0. The minimum absolute atomic E-state index is 0.113. The van der Waals surface area contributed by atoms with E-state index in [2.05, 4.69) is 11.4 Å². The zero-order valence-electron chi connectivity index (χ0n) is 9.74. The monoisotopic (exact) mass is 250 g/mol. The van der Waals surface area contributed by atoms with Crippen molar-refractivity contribution in [1.82, 2.24) is 5.32 Å². The third-order valence-electron chi connectivity index (χ3n) is 2.40. The first-order valence-electron chi connectivity index (χ1n) is 5.59. The Labute approximate surface area is 106 Å². The highest BCUT2D eigenvalue weighted by atomic mass is 35.5. The van der Waals surface area contributed by atoms with Crippen molar-refractivity contribution in [2.75, 3.05) is 6.54 Å². The first-order chi connectivity index (χ1) is 8.19. The van der Waals surface area contributed by atoms with Crippen LogP contribution in [0.1, 0.15) is 31.2 Å². The van der Waals surface area contributed by atoms with Crippen LogP contribution >= 0.6 is 11.6 Å². The van der Waals surface area contributed by atoms with E-state index in [0.717, 1.165) is 6.42 Å². The van der Waals surface area contributed by atoms with E-state index in [9.17, 15) is 4.79 Å². The van der Waals surface area contributed by atoms with Crippen LogP contribution in [0.4, 0.5) is 0 Å². The van der Waals surface area contributed by atoms with Gasteiger partial charge in [-0.3, -0.25) is 4.79 Å². The average molecular weight is 251 g/mol. The van der Waals surface area contributed by atoms with Gasteiger partial charge in [0.15, 0.2) is 0 Å². The van der Waals surface area contributed by atoms with Crippen molar-refractivity contribution in [3.8, 4) is 6.07 Å². The van der Waals surface area contributed by atoms with Crippen molar-refractivity contribution in [3.05, 3.63) is 34.9 Å². The fourth-order valence-corrected chi connectivity index (χ4v) is 1.77. The first kappa shape index (κ1) is 13.5. The Kier molecular flexibility index (Phi) is 5.51. The second-order valence-electron chi connectivity index (χ2n) is 3.76. The van der Waals surface area contributed by atoms with Crippen LogP contribution in [0.3, 0.4) is 0 Å². The van der Waals surface area contributed by atoms with E-state index < -0.39 is 5.92 Å². The van der Waals surface area contributed by atoms with E-state index in [-0.39, 0.29) is 12.3 Å². The molecule has 1 aromatic carbocycles. The molecule has 0 saturated carbocycles. The molecule has 0 saturated heterocycles. The molecule has 0 aliphatic carbocycles. The van der Waals surface area contributed by atoms with Gasteiger partial charge in [0.1, 0.15) is 0 Å². The number of rotatable bonds is 5. The van der Waals surface area contributed by atoms with Crippen LogP contribution in [0.25, 0.3) is 0 Å². The smallest absolute Gasteiger partial charge is 0.221 e. The fraction of sp³-hybridized carbons (Fsp3) is 0.385. The van der Waals surface area contributed by atoms with Crippen molar-refractivity contribution in [1.29, 1.82) is 5.26 Å². The largest absolute Gasteiger partial charge is 0.356 e. The molecule has 0 fully saturated rings. The molecule has 1 rings (SSSR count). The number of nitrogens with one attached hydrogen (secondary N) is 1. The van der Waals surface area contributed by atoms with Gasteiger partial charge in [0, 0.05) is 18.0 Å². The zero-order chi connectivity index (χ0) is 12.7. The minimum Gasteiger partial charge on any atom is -0.356 e. The third kappa shape index (κ3) is 4.08. The van der Waals surface area contributed by atoms with Crippen LogP contribution in [0.5, 0.6) is 0 Å². The molecule has 0 heterocycles. The lowest BCUT2D eigenvalue weighted by atomic mass is 9.97. The lowest BCUT2D eigenvalue weighted by Gasteiger charge is -2.11. The molecular weight excluding hydrogens is 236 g/mol. The molecule has 1 unspecified atom stereocenters. The van der Waals surface area contributed by atoms with E-state index in [0.29, 0.717) is 17.1 Å². The molecule has 1 atom stereocenters. The van der Waals surface area contributed by atoms with Gasteiger partial charge in [0.2, 0.25) is 5.91 Å². The van der Waals surface area contributed by atoms with Crippen molar-refractivity contribution in [3.63, 3.8) is 0 Å². The van der Waals surface area contributed by atoms with Gasteiger partial charge < -0.3 is 5.32 Å². The van der Waals surface area contributed by atoms with Gasteiger partial charge in [-0.2, -0.15) is 5.26 Å². The number of amides is 1. The van der Waals surface area contributed by atoms with Gasteiger partial charge in [-0.05, 0) is 18.1 Å². The fourth-order valence-electron chi connectivity index (χ4n) is 1.50. The minimum atomic E-state index is -0.486. The molecule has 0 aromatic heterocycles. The molecule has 1 aromatic rings. The summed E-state index contributed by atoms with van der Waals surface area (Å²) in [4.78, 5) is 11.6. The second-order valence-corrected chi connectivity index (χ2v) is 4.16. The standard InChI is InChI=1S/C13H15ClN2O/c1-2-7-16-13(17)8-10(9-15)11-5-3-4-6-12(11)14/h3-6,10H,2,7-8H2,1H3,(H,16,17). The summed E-state index contributed by atoms with van der Waals surface area (Å²) in [6.07, 6.45) is 1.04. The summed E-state index contributed by atoms with van der Waals surface area (Å²) in [5.74, 6) is -0.598. The number of hydrogen-bond donors (Lipinski definition) is 1. The topological polar surface area (TPSA) is 52.9 Å². The van der Waals surface area contributed by atoms with Crippen molar-refractivity contribution >= 4 is 17.5 Å². The van der Waals surface area contributed by atoms with Gasteiger partial charge in [0.05, 0.1) is 12.0 Å². The molecule has 0 bridgehead atoms. The molecule has 1 N–H and O–H groups in total. The predicted molar refractivity (Wildman–Crippen MR) is 67.7 cm³/mol. The first-order valence-corrected chi connectivity index (χ1v) is 5.97. The highest BCUT2D eigenvalue weighted by Gasteiger charge is 2.17. The van der Waals surface area contributed by atoms with E-state index in [1.165, 1.54) is 0 Å². The van der Waals surface area contributed by atoms with E-state index >= 15 is 0 Å². The van der Waals surface area contributed by atoms with Crippen LogP contribution in [0, 0.1) is 11.3 Å². The Hall–Kier alpha value is -1.53. The highest BCUT2D eigenvalue weighted by Crippen LogP contribution is 2.26. The summed E-state index contributed by atoms with van der Waals surface area (Å²) in [5, 5.41) is 12.4. The molecule has 0 spiro atoms. The molecule has 17 heavy (non-hydrogen) atoms. The van der Waals surface area contributed by atoms with E-state index in [4.69, 9.17) is 16.9 Å². The summed E-state index contributed by atoms with van der Waals surface area (Å²) in [6, 6.07) is 9.25. The molecule has 4 heteroatoms. The summed E-state index contributed by atoms with van der Waals surface area (Å²) < 4.78 is 0. The van der Waals surface area contributed by atoms with Gasteiger partial charge >= 0.3 is 0 Å². The molecule has 1 amide bonds. The van der Waals surface area contributed by atoms with E-state index in [1.807, 2.05) is 13.0 Å². The van der Waals surface area contributed by atoms with Crippen LogP contribution in [-0.4, -0.2) is 12.5 Å². The number of nitrogens with zero attached hydrogens (tertiary/aromatic N) is 1. The summed E-state index contributed by atoms with van der Waals surface area (Å²) >= 11 is 6.00. The van der Waals surface area contributed by atoms with Crippen LogP contribution in [-0.2, 0) is 4.79 Å². The number of carbonyl (C=O) groups is 1. The molecular formula is C13H15ClN2O. The number of hydrogen-bond acceptors (Lipinski definition) is 2. The number of halogens is 1. The molecule has 0 radical (unpaired) electrons. The normalized spacial score (nSPS) is 11.6. The van der Waals surface area contributed by atoms with Crippen LogP contribution in [0.15, 0.2) is 24.3 Å². The average Bonchev–Trinajstić information content (AvgIpc) is 2.34. The Bertz CT molecular complexity index is 426. The van der Waals surface area contributed by atoms with E-state index in [1.54, 1.807) is 18.2 Å². The lowest BCUT2D eigenvalue weighted by Crippen LogP contribution is -2.25. The maximum atomic E-state index is 11.6. The van der Waals surface area contributed by atoms with Crippen molar-refractivity contribution < 1.29 is 4.79 Å². The maximum Gasteiger partial charge on any atom is 0.221 e. The zero-order valence-corrected chi connectivity index (χ0v) is 10.5. The van der Waals surface area contributed by atoms with Crippen LogP contribution < -0.4 is 5.32 Å². The van der Waals surface area contributed by atoms with Crippen molar-refractivity contribution in [2.45, 2.75) is 25.7 Å². The molecule has 90 valence electrons. The summed E-state index contributed by atoms with van der Waals surface area (Å²) in [5.41, 5.74) is 0.711. The molecule has 0 aliphatic heterocycles. The number of nitriles is 1.